The van der Waals surface area contributed by atoms with Gasteiger partial charge in [-0.25, -0.2) is 0 Å². The van der Waals surface area contributed by atoms with Gasteiger partial charge in [0, 0.05) is 6.42 Å². The summed E-state index contributed by atoms with van der Waals surface area (Å²) < 4.78 is 65.5. The highest BCUT2D eigenvalue weighted by Crippen LogP contribution is 2.39. The fourth-order valence-corrected chi connectivity index (χ4v) is 1.78. The Kier molecular flexibility index (Phi) is 6.57. The molecule has 8 heteroatoms. The fraction of sp³-hybridized carbons (Fsp3) is 0.909. The number of thioether (sulfide) groups is 1. The second-order valence-electron chi connectivity index (χ2n) is 4.94. The summed E-state index contributed by atoms with van der Waals surface area (Å²) in [6.45, 7) is 5.04. The van der Waals surface area contributed by atoms with Gasteiger partial charge in [-0.1, -0.05) is 0 Å². The highest BCUT2D eigenvalue weighted by molar-refractivity contribution is 7.99. The lowest BCUT2D eigenvalue weighted by atomic mass is 10.2. The van der Waals surface area contributed by atoms with Gasteiger partial charge in [0.2, 0.25) is 0 Å². The maximum atomic E-state index is 12.5. The molecule has 0 aromatic heterocycles. The molecule has 0 heterocycles. The Morgan fingerprint density at radius 1 is 1.11 bits per heavy atom. The van der Waals surface area contributed by atoms with Crippen molar-refractivity contribution in [2.75, 3.05) is 11.5 Å². The molecule has 0 aliphatic rings. The van der Waals surface area contributed by atoms with Crippen LogP contribution in [0.3, 0.4) is 0 Å². The molecule has 0 radical (unpaired) electrons. The van der Waals surface area contributed by atoms with Gasteiger partial charge < -0.3 is 4.74 Å². The van der Waals surface area contributed by atoms with Crippen LogP contribution in [0.1, 0.15) is 33.6 Å². The Morgan fingerprint density at radius 3 is 2.05 bits per heavy atom. The topological polar surface area (TPSA) is 26.3 Å². The molecule has 0 aliphatic heterocycles. The Bertz CT molecular complexity index is 296. The number of hydrogen-bond acceptors (Lipinski definition) is 3. The molecule has 0 saturated carbocycles. The number of rotatable bonds is 6. The first-order valence-corrected chi connectivity index (χ1v) is 6.75. The van der Waals surface area contributed by atoms with E-state index >= 15 is 0 Å². The fourth-order valence-electron chi connectivity index (χ4n) is 1.06. The average Bonchev–Trinajstić information content (AvgIpc) is 2.11. The second kappa shape index (κ2) is 6.76. The molecule has 0 bridgehead atoms. The number of hydrogen-bond donors (Lipinski definition) is 0. The Morgan fingerprint density at radius 2 is 1.63 bits per heavy atom. The first kappa shape index (κ1) is 18.5. The van der Waals surface area contributed by atoms with Crippen LogP contribution in [0.2, 0.25) is 0 Å². The molecular formula is C11H17F5O2S. The summed E-state index contributed by atoms with van der Waals surface area (Å²) in [7, 11) is 0. The minimum Gasteiger partial charge on any atom is -0.459 e. The van der Waals surface area contributed by atoms with Crippen LogP contribution in [0.15, 0.2) is 0 Å². The molecule has 0 spiro atoms. The molecule has 0 atom stereocenters. The molecule has 114 valence electrons. The van der Waals surface area contributed by atoms with Crippen molar-refractivity contribution in [1.82, 2.24) is 0 Å². The summed E-state index contributed by atoms with van der Waals surface area (Å²) in [5.41, 5.74) is -0.638. The van der Waals surface area contributed by atoms with Crippen molar-refractivity contribution in [3.05, 3.63) is 0 Å². The van der Waals surface area contributed by atoms with Crippen LogP contribution < -0.4 is 0 Å². The number of carbonyl (C=O) groups excluding carboxylic acids is 1. The number of esters is 1. The third-order valence-corrected chi connectivity index (χ3v) is 2.85. The minimum absolute atomic E-state index is 0.0465. The van der Waals surface area contributed by atoms with E-state index in [1.54, 1.807) is 20.8 Å². The summed E-state index contributed by atoms with van der Waals surface area (Å²) in [4.78, 5) is 11.2. The number of carbonyl (C=O) groups is 1. The maximum Gasteiger partial charge on any atom is 0.453 e. The van der Waals surface area contributed by atoms with E-state index < -0.39 is 30.1 Å². The average molecular weight is 308 g/mol. The van der Waals surface area contributed by atoms with E-state index in [1.165, 1.54) is 0 Å². The largest absolute Gasteiger partial charge is 0.459 e. The Balaban J connectivity index is 3.81. The zero-order valence-electron chi connectivity index (χ0n) is 10.9. The molecule has 0 aromatic rings. The molecule has 0 fully saturated rings. The lowest BCUT2D eigenvalue weighted by Gasteiger charge is -2.20. The van der Waals surface area contributed by atoms with Crippen LogP contribution in [-0.4, -0.2) is 35.2 Å². The molecule has 0 saturated heterocycles. The predicted molar refractivity (Wildman–Crippen MR) is 63.4 cm³/mol. The second-order valence-corrected chi connectivity index (χ2v) is 6.05. The maximum absolute atomic E-state index is 12.5. The molecule has 2 nitrogen and oxygen atoms in total. The first-order valence-electron chi connectivity index (χ1n) is 5.59. The number of halogens is 5. The van der Waals surface area contributed by atoms with Gasteiger partial charge in [-0.15, -0.1) is 0 Å². The van der Waals surface area contributed by atoms with Gasteiger partial charge in [0.25, 0.3) is 0 Å². The van der Waals surface area contributed by atoms with Gasteiger partial charge in [0.1, 0.15) is 5.60 Å². The molecule has 0 amide bonds. The van der Waals surface area contributed by atoms with E-state index in [0.29, 0.717) is 0 Å². The molecule has 0 unspecified atom stereocenters. The molecule has 0 aliphatic carbocycles. The third kappa shape index (κ3) is 8.28. The van der Waals surface area contributed by atoms with E-state index in [9.17, 15) is 26.7 Å². The quantitative estimate of drug-likeness (QED) is 0.421. The van der Waals surface area contributed by atoms with Crippen LogP contribution in [-0.2, 0) is 9.53 Å². The van der Waals surface area contributed by atoms with E-state index in [4.69, 9.17) is 4.74 Å². The predicted octanol–water partition coefficient (Wildman–Crippen LogP) is 4.04. The summed E-state index contributed by atoms with van der Waals surface area (Å²) in [6.07, 6.45) is -7.10. The third-order valence-electron chi connectivity index (χ3n) is 1.83. The SMILES string of the molecule is CC(C)(C)OC(=O)CSCCCC(F)(F)C(F)(F)F. The van der Waals surface area contributed by atoms with Crippen molar-refractivity contribution < 1.29 is 31.5 Å². The lowest BCUT2D eigenvalue weighted by Crippen LogP contribution is -2.36. The van der Waals surface area contributed by atoms with Gasteiger partial charge in [-0.2, -0.15) is 33.7 Å². The van der Waals surface area contributed by atoms with Gasteiger partial charge in [0.15, 0.2) is 0 Å². The molecular weight excluding hydrogens is 291 g/mol. The number of ether oxygens (including phenoxy) is 1. The highest BCUT2D eigenvalue weighted by Gasteiger charge is 2.56. The standard InChI is InChI=1S/C11H17F5O2S/c1-9(2,3)18-8(17)7-19-6-4-5-10(12,13)11(14,15)16/h4-7H2,1-3H3. The Labute approximate surface area is 113 Å². The van der Waals surface area contributed by atoms with Gasteiger partial charge in [-0.05, 0) is 32.9 Å². The zero-order chi connectivity index (χ0) is 15.3. The molecule has 19 heavy (non-hydrogen) atoms. The summed E-state index contributed by atoms with van der Waals surface area (Å²) in [5.74, 6) is -5.20. The summed E-state index contributed by atoms with van der Waals surface area (Å²) in [5, 5.41) is 0. The van der Waals surface area contributed by atoms with Gasteiger partial charge in [0.05, 0.1) is 5.75 Å². The van der Waals surface area contributed by atoms with Crippen LogP contribution in [0, 0.1) is 0 Å². The smallest absolute Gasteiger partial charge is 0.453 e. The normalized spacial score (nSPS) is 13.5. The van der Waals surface area contributed by atoms with Crippen LogP contribution >= 0.6 is 11.8 Å². The van der Waals surface area contributed by atoms with Crippen LogP contribution in [0.5, 0.6) is 0 Å². The van der Waals surface area contributed by atoms with Crippen molar-refractivity contribution >= 4 is 17.7 Å². The number of alkyl halides is 5. The van der Waals surface area contributed by atoms with Gasteiger partial charge >= 0.3 is 18.1 Å². The highest BCUT2D eigenvalue weighted by atomic mass is 32.2. The Hall–Kier alpha value is -0.530. The van der Waals surface area contributed by atoms with Crippen molar-refractivity contribution in [3.63, 3.8) is 0 Å². The van der Waals surface area contributed by atoms with Crippen LogP contribution in [0.25, 0.3) is 0 Å². The van der Waals surface area contributed by atoms with Crippen LogP contribution in [0.4, 0.5) is 22.0 Å². The first-order chi connectivity index (χ1) is 8.35. The van der Waals surface area contributed by atoms with Crippen molar-refractivity contribution in [1.29, 1.82) is 0 Å². The van der Waals surface area contributed by atoms with Gasteiger partial charge in [-0.3, -0.25) is 4.79 Å². The van der Waals surface area contributed by atoms with Crippen molar-refractivity contribution in [2.45, 2.75) is 51.3 Å². The summed E-state index contributed by atoms with van der Waals surface area (Å²) >= 11 is 0.978. The van der Waals surface area contributed by atoms with E-state index in [0.717, 1.165) is 11.8 Å². The minimum atomic E-state index is -5.51. The van der Waals surface area contributed by atoms with E-state index in [-0.39, 0.29) is 17.9 Å². The van der Waals surface area contributed by atoms with E-state index in [2.05, 4.69) is 0 Å². The monoisotopic (exact) mass is 308 g/mol. The molecule has 0 N–H and O–H groups in total. The van der Waals surface area contributed by atoms with Crippen molar-refractivity contribution in [2.24, 2.45) is 0 Å². The van der Waals surface area contributed by atoms with Crippen molar-refractivity contribution in [3.8, 4) is 0 Å². The molecule has 0 rings (SSSR count). The summed E-state index contributed by atoms with van der Waals surface area (Å²) in [6, 6.07) is 0. The van der Waals surface area contributed by atoms with E-state index in [1.807, 2.05) is 0 Å². The molecule has 0 aromatic carbocycles. The lowest BCUT2D eigenvalue weighted by molar-refractivity contribution is -0.284. The zero-order valence-corrected chi connectivity index (χ0v) is 11.8.